The van der Waals surface area contributed by atoms with E-state index in [-0.39, 0.29) is 12.4 Å². The van der Waals surface area contributed by atoms with E-state index in [1.54, 1.807) is 43.1 Å². The van der Waals surface area contributed by atoms with Gasteiger partial charge in [0.25, 0.3) is 0 Å². The summed E-state index contributed by atoms with van der Waals surface area (Å²) >= 11 is 0. The lowest BCUT2D eigenvalue weighted by molar-refractivity contribution is -0.152. The molecule has 0 fully saturated rings. The second-order valence-electron chi connectivity index (χ2n) is 4.44. The quantitative estimate of drug-likeness (QED) is 0.520. The van der Waals surface area contributed by atoms with E-state index < -0.39 is 11.9 Å². The van der Waals surface area contributed by atoms with Crippen LogP contribution in [-0.2, 0) is 21.4 Å². The summed E-state index contributed by atoms with van der Waals surface area (Å²) in [4.78, 5) is 38.9. The third kappa shape index (κ3) is 3.38. The predicted octanol–water partition coefficient (Wildman–Crippen LogP) is 1.15. The van der Waals surface area contributed by atoms with Crippen molar-refractivity contribution >= 4 is 23.3 Å². The van der Waals surface area contributed by atoms with Gasteiger partial charge in [-0.1, -0.05) is 0 Å². The molecular weight excluding hydrogens is 286 g/mol. The lowest BCUT2D eigenvalue weighted by Crippen LogP contribution is -2.24. The van der Waals surface area contributed by atoms with E-state index in [0.717, 1.165) is 0 Å². The second-order valence-corrected chi connectivity index (χ2v) is 4.44. The molecule has 1 N–H and O–H groups in total. The fourth-order valence-corrected chi connectivity index (χ4v) is 1.80. The highest BCUT2D eigenvalue weighted by Gasteiger charge is 2.16. The van der Waals surface area contributed by atoms with Gasteiger partial charge >= 0.3 is 11.9 Å². The number of ether oxygens (including phenoxy) is 1. The average Bonchev–Trinajstić information content (AvgIpc) is 2.93. The van der Waals surface area contributed by atoms with Gasteiger partial charge in [-0.05, 0) is 31.2 Å². The zero-order valence-electron chi connectivity index (χ0n) is 12.2. The number of ketones is 1. The number of rotatable bonds is 4. The number of hydrogen-bond donors (Lipinski definition) is 1. The molecule has 1 heterocycles. The molecule has 2 aromatic rings. The molecule has 1 aromatic heterocycles. The Morgan fingerprint density at radius 3 is 2.45 bits per heavy atom. The standard InChI is InChI=1S/C15H15N3O4/c1-3-22-15(21)14(20)17-11-6-4-10(5-7-11)12(19)13-16-8-9-18(13)2/h4-9H,3H2,1-2H3,(H,17,20). The molecule has 114 valence electrons. The van der Waals surface area contributed by atoms with Crippen LogP contribution in [0.1, 0.15) is 23.1 Å². The van der Waals surface area contributed by atoms with Crippen LogP contribution in [-0.4, -0.2) is 33.8 Å². The van der Waals surface area contributed by atoms with Crippen molar-refractivity contribution < 1.29 is 19.1 Å². The molecule has 0 unspecified atom stereocenters. The van der Waals surface area contributed by atoms with Gasteiger partial charge < -0.3 is 14.6 Å². The van der Waals surface area contributed by atoms with Crippen molar-refractivity contribution in [2.45, 2.75) is 6.92 Å². The van der Waals surface area contributed by atoms with Crippen LogP contribution in [0.25, 0.3) is 0 Å². The lowest BCUT2D eigenvalue weighted by atomic mass is 10.1. The third-order valence-corrected chi connectivity index (χ3v) is 2.89. The molecule has 22 heavy (non-hydrogen) atoms. The largest absolute Gasteiger partial charge is 0.459 e. The van der Waals surface area contributed by atoms with Gasteiger partial charge in [0.1, 0.15) is 0 Å². The van der Waals surface area contributed by atoms with Crippen molar-refractivity contribution in [1.82, 2.24) is 9.55 Å². The molecule has 0 aliphatic rings. The Kier molecular flexibility index (Phi) is 4.67. The number of nitrogens with one attached hydrogen (secondary N) is 1. The van der Waals surface area contributed by atoms with E-state index in [1.807, 2.05) is 0 Å². The lowest BCUT2D eigenvalue weighted by Gasteiger charge is -2.06. The van der Waals surface area contributed by atoms with Crippen molar-refractivity contribution in [2.75, 3.05) is 11.9 Å². The zero-order valence-corrected chi connectivity index (χ0v) is 12.2. The average molecular weight is 301 g/mol. The molecular formula is C15H15N3O4. The first-order valence-electron chi connectivity index (χ1n) is 6.63. The molecule has 0 bridgehead atoms. The number of carbonyl (C=O) groups is 3. The Labute approximate surface area is 126 Å². The van der Waals surface area contributed by atoms with Gasteiger partial charge in [0, 0.05) is 30.7 Å². The smallest absolute Gasteiger partial charge is 0.397 e. The number of anilines is 1. The normalized spacial score (nSPS) is 10.1. The van der Waals surface area contributed by atoms with Crippen LogP contribution in [0.15, 0.2) is 36.7 Å². The van der Waals surface area contributed by atoms with E-state index in [0.29, 0.717) is 17.1 Å². The molecule has 0 atom stereocenters. The number of imidazole rings is 1. The van der Waals surface area contributed by atoms with Crippen LogP contribution in [0.4, 0.5) is 5.69 Å². The van der Waals surface area contributed by atoms with Gasteiger partial charge in [-0.3, -0.25) is 9.59 Å². The van der Waals surface area contributed by atoms with E-state index in [1.165, 1.54) is 12.1 Å². The topological polar surface area (TPSA) is 90.3 Å². The summed E-state index contributed by atoms with van der Waals surface area (Å²) in [6.07, 6.45) is 3.22. The first kappa shape index (κ1) is 15.4. The molecule has 0 spiro atoms. The molecule has 1 aromatic carbocycles. The van der Waals surface area contributed by atoms with E-state index in [9.17, 15) is 14.4 Å². The number of amides is 1. The fourth-order valence-electron chi connectivity index (χ4n) is 1.80. The monoisotopic (exact) mass is 301 g/mol. The number of hydrogen-bond acceptors (Lipinski definition) is 5. The van der Waals surface area contributed by atoms with Crippen molar-refractivity contribution in [3.8, 4) is 0 Å². The van der Waals surface area contributed by atoms with Gasteiger partial charge in [0.2, 0.25) is 5.78 Å². The van der Waals surface area contributed by atoms with Crippen molar-refractivity contribution in [3.63, 3.8) is 0 Å². The van der Waals surface area contributed by atoms with Crippen LogP contribution in [0, 0.1) is 0 Å². The summed E-state index contributed by atoms with van der Waals surface area (Å²) in [6, 6.07) is 6.18. The Hall–Kier alpha value is -2.96. The van der Waals surface area contributed by atoms with Crippen LogP contribution >= 0.6 is 0 Å². The second kappa shape index (κ2) is 6.66. The molecule has 0 saturated carbocycles. The van der Waals surface area contributed by atoms with E-state index >= 15 is 0 Å². The highest BCUT2D eigenvalue weighted by atomic mass is 16.5. The Balaban J connectivity index is 2.08. The SMILES string of the molecule is CCOC(=O)C(=O)Nc1ccc(C(=O)c2nccn2C)cc1. The third-order valence-electron chi connectivity index (χ3n) is 2.89. The minimum atomic E-state index is -0.948. The molecule has 0 aliphatic heterocycles. The summed E-state index contributed by atoms with van der Waals surface area (Å²) in [7, 11) is 1.73. The minimum absolute atomic E-state index is 0.128. The van der Waals surface area contributed by atoms with Crippen LogP contribution < -0.4 is 5.32 Å². The molecule has 1 amide bonds. The Bertz CT molecular complexity index is 704. The van der Waals surface area contributed by atoms with Crippen molar-refractivity contribution in [2.24, 2.45) is 7.05 Å². The first-order valence-corrected chi connectivity index (χ1v) is 6.63. The Morgan fingerprint density at radius 1 is 1.23 bits per heavy atom. The maximum absolute atomic E-state index is 12.2. The van der Waals surface area contributed by atoms with Gasteiger partial charge in [-0.15, -0.1) is 0 Å². The van der Waals surface area contributed by atoms with Gasteiger partial charge in [0.05, 0.1) is 6.61 Å². The van der Waals surface area contributed by atoms with Gasteiger partial charge in [-0.2, -0.15) is 0 Å². The predicted molar refractivity (Wildman–Crippen MR) is 78.3 cm³/mol. The van der Waals surface area contributed by atoms with E-state index in [2.05, 4.69) is 15.0 Å². The number of nitrogens with zero attached hydrogens (tertiary/aromatic N) is 2. The molecule has 0 radical (unpaired) electrons. The molecule has 7 heteroatoms. The maximum atomic E-state index is 12.2. The van der Waals surface area contributed by atoms with Gasteiger partial charge in [0.15, 0.2) is 5.82 Å². The van der Waals surface area contributed by atoms with Crippen molar-refractivity contribution in [3.05, 3.63) is 48.0 Å². The molecule has 7 nitrogen and oxygen atoms in total. The summed E-state index contributed by atoms with van der Waals surface area (Å²) in [5.74, 6) is -1.71. The number of aryl methyl sites for hydroxylation is 1. The number of benzene rings is 1. The zero-order chi connectivity index (χ0) is 16.1. The maximum Gasteiger partial charge on any atom is 0.397 e. The van der Waals surface area contributed by atoms with E-state index in [4.69, 9.17) is 0 Å². The number of esters is 1. The first-order chi connectivity index (χ1) is 10.5. The summed E-state index contributed by atoms with van der Waals surface area (Å²) < 4.78 is 6.21. The number of aromatic nitrogens is 2. The molecule has 2 rings (SSSR count). The molecule has 0 aliphatic carbocycles. The highest BCUT2D eigenvalue weighted by molar-refractivity contribution is 6.37. The van der Waals surface area contributed by atoms with Crippen LogP contribution in [0.3, 0.4) is 0 Å². The van der Waals surface area contributed by atoms with Crippen LogP contribution in [0.5, 0.6) is 0 Å². The van der Waals surface area contributed by atoms with Crippen molar-refractivity contribution in [1.29, 1.82) is 0 Å². The summed E-state index contributed by atoms with van der Waals surface area (Å²) in [5, 5.41) is 2.39. The van der Waals surface area contributed by atoms with Crippen LogP contribution in [0.2, 0.25) is 0 Å². The summed E-state index contributed by atoms with van der Waals surface area (Å²) in [6.45, 7) is 1.74. The number of carbonyl (C=O) groups excluding carboxylic acids is 3. The Morgan fingerprint density at radius 2 is 1.91 bits per heavy atom. The fraction of sp³-hybridized carbons (Fsp3) is 0.200. The highest BCUT2D eigenvalue weighted by Crippen LogP contribution is 2.13. The summed E-state index contributed by atoms with van der Waals surface area (Å²) in [5.41, 5.74) is 0.831. The minimum Gasteiger partial charge on any atom is -0.459 e. The van der Waals surface area contributed by atoms with Gasteiger partial charge in [-0.25, -0.2) is 9.78 Å². The molecule has 0 saturated heterocycles.